The Hall–Kier alpha value is -2.66. The number of esters is 1. The molecule has 3 aromatic rings. The summed E-state index contributed by atoms with van der Waals surface area (Å²) in [4.78, 5) is 16.3. The summed E-state index contributed by atoms with van der Waals surface area (Å²) in [5.74, 6) is 0.248. The molecule has 0 unspecified atom stereocenters. The number of ether oxygens (including phenoxy) is 2. The molecular formula is C19H17NO3S. The van der Waals surface area contributed by atoms with Gasteiger partial charge in [-0.15, -0.1) is 11.3 Å². The van der Waals surface area contributed by atoms with Crippen molar-refractivity contribution in [2.75, 3.05) is 6.61 Å². The van der Waals surface area contributed by atoms with Gasteiger partial charge in [0.15, 0.2) is 6.61 Å². The van der Waals surface area contributed by atoms with Crippen LogP contribution in [-0.4, -0.2) is 17.6 Å². The maximum absolute atomic E-state index is 11.8. The molecule has 0 aliphatic carbocycles. The Labute approximate surface area is 144 Å². The number of hydrogen-bond donors (Lipinski definition) is 0. The number of aromatic nitrogens is 1. The Morgan fingerprint density at radius 2 is 1.96 bits per heavy atom. The molecule has 4 nitrogen and oxygen atoms in total. The number of carbonyl (C=O) groups excluding carboxylic acids is 1. The highest BCUT2D eigenvalue weighted by Gasteiger charge is 2.08. The van der Waals surface area contributed by atoms with Gasteiger partial charge in [0.1, 0.15) is 17.4 Å². The normalized spacial score (nSPS) is 10.4. The van der Waals surface area contributed by atoms with Crippen molar-refractivity contribution in [2.45, 2.75) is 13.5 Å². The van der Waals surface area contributed by atoms with Crippen LogP contribution < -0.4 is 4.74 Å². The monoisotopic (exact) mass is 339 g/mol. The van der Waals surface area contributed by atoms with Crippen molar-refractivity contribution in [2.24, 2.45) is 0 Å². The second kappa shape index (κ2) is 7.75. The van der Waals surface area contributed by atoms with E-state index in [2.05, 4.69) is 4.98 Å². The molecule has 0 bridgehead atoms. The zero-order valence-corrected chi connectivity index (χ0v) is 14.1. The molecule has 0 N–H and O–H groups in total. The summed E-state index contributed by atoms with van der Waals surface area (Å²) in [6, 6.07) is 17.5. The van der Waals surface area contributed by atoms with Gasteiger partial charge in [0.2, 0.25) is 0 Å². The van der Waals surface area contributed by atoms with Crippen molar-refractivity contribution in [1.82, 2.24) is 4.98 Å². The average molecular weight is 339 g/mol. The standard InChI is InChI=1S/C19H17NO3S/c1-14-6-5-9-17(10-14)22-12-18(21)23-11-16-13-24-19(20-16)15-7-3-2-4-8-15/h2-10,13H,11-12H2,1H3. The molecule has 24 heavy (non-hydrogen) atoms. The van der Waals surface area contributed by atoms with Crippen LogP contribution in [0.5, 0.6) is 5.75 Å². The van der Waals surface area contributed by atoms with Crippen LogP contribution in [0, 0.1) is 6.92 Å². The minimum absolute atomic E-state index is 0.112. The van der Waals surface area contributed by atoms with E-state index in [1.807, 2.05) is 66.9 Å². The van der Waals surface area contributed by atoms with Gasteiger partial charge >= 0.3 is 5.97 Å². The van der Waals surface area contributed by atoms with Crippen molar-refractivity contribution in [3.8, 4) is 16.3 Å². The summed E-state index contributed by atoms with van der Waals surface area (Å²) in [5, 5.41) is 2.81. The molecule has 0 spiro atoms. The Morgan fingerprint density at radius 3 is 2.75 bits per heavy atom. The van der Waals surface area contributed by atoms with Gasteiger partial charge in [-0.05, 0) is 24.6 Å². The Morgan fingerprint density at radius 1 is 1.12 bits per heavy atom. The van der Waals surface area contributed by atoms with Gasteiger partial charge < -0.3 is 9.47 Å². The van der Waals surface area contributed by atoms with Crippen molar-refractivity contribution >= 4 is 17.3 Å². The van der Waals surface area contributed by atoms with Gasteiger partial charge in [-0.25, -0.2) is 9.78 Å². The van der Waals surface area contributed by atoms with Crippen LogP contribution >= 0.6 is 11.3 Å². The minimum Gasteiger partial charge on any atom is -0.482 e. The van der Waals surface area contributed by atoms with E-state index in [1.165, 1.54) is 11.3 Å². The number of rotatable bonds is 6. The minimum atomic E-state index is -0.411. The number of aryl methyl sites for hydroxylation is 1. The zero-order chi connectivity index (χ0) is 16.8. The van der Waals surface area contributed by atoms with Gasteiger partial charge in [0.05, 0.1) is 5.69 Å². The van der Waals surface area contributed by atoms with E-state index in [4.69, 9.17) is 9.47 Å². The Bertz CT molecular complexity index is 814. The average Bonchev–Trinajstić information content (AvgIpc) is 3.08. The molecule has 0 saturated heterocycles. The van der Waals surface area contributed by atoms with Crippen LogP contribution in [0.1, 0.15) is 11.3 Å². The lowest BCUT2D eigenvalue weighted by Crippen LogP contribution is -2.14. The number of nitrogens with zero attached hydrogens (tertiary/aromatic N) is 1. The fourth-order valence-corrected chi connectivity index (χ4v) is 2.94. The predicted octanol–water partition coefficient (Wildman–Crippen LogP) is 4.24. The third-order valence-electron chi connectivity index (χ3n) is 3.30. The number of carbonyl (C=O) groups is 1. The smallest absolute Gasteiger partial charge is 0.344 e. The molecule has 0 aliphatic rings. The van der Waals surface area contributed by atoms with Gasteiger partial charge in [0.25, 0.3) is 0 Å². The summed E-state index contributed by atoms with van der Waals surface area (Å²) in [6.45, 7) is 2.01. The summed E-state index contributed by atoms with van der Waals surface area (Å²) >= 11 is 1.53. The van der Waals surface area contributed by atoms with E-state index in [-0.39, 0.29) is 13.2 Å². The highest BCUT2D eigenvalue weighted by molar-refractivity contribution is 7.13. The molecule has 2 aromatic carbocycles. The lowest BCUT2D eigenvalue weighted by atomic mass is 10.2. The molecule has 0 amide bonds. The summed E-state index contributed by atoms with van der Waals surface area (Å²) in [5.41, 5.74) is 2.88. The fraction of sp³-hybridized carbons (Fsp3) is 0.158. The first-order valence-corrected chi connectivity index (χ1v) is 8.43. The van der Waals surface area contributed by atoms with E-state index in [9.17, 15) is 4.79 Å². The van der Waals surface area contributed by atoms with Gasteiger partial charge in [-0.3, -0.25) is 0 Å². The quantitative estimate of drug-likeness (QED) is 0.630. The summed E-state index contributed by atoms with van der Waals surface area (Å²) in [7, 11) is 0. The highest BCUT2D eigenvalue weighted by atomic mass is 32.1. The molecule has 1 heterocycles. The number of benzene rings is 2. The molecule has 0 fully saturated rings. The topological polar surface area (TPSA) is 48.4 Å². The molecule has 1 aromatic heterocycles. The fourth-order valence-electron chi connectivity index (χ4n) is 2.13. The number of thiazole rings is 1. The van der Waals surface area contributed by atoms with E-state index in [1.54, 1.807) is 0 Å². The van der Waals surface area contributed by atoms with Crippen molar-refractivity contribution in [1.29, 1.82) is 0 Å². The molecule has 122 valence electrons. The second-order valence-corrected chi connectivity index (χ2v) is 6.13. The largest absolute Gasteiger partial charge is 0.482 e. The van der Waals surface area contributed by atoms with Crippen LogP contribution in [0.15, 0.2) is 60.0 Å². The Balaban J connectivity index is 1.49. The summed E-state index contributed by atoms with van der Waals surface area (Å²) in [6.07, 6.45) is 0. The molecular weight excluding hydrogens is 322 g/mol. The van der Waals surface area contributed by atoms with Crippen LogP contribution in [0.2, 0.25) is 0 Å². The van der Waals surface area contributed by atoms with Crippen molar-refractivity contribution in [3.05, 3.63) is 71.2 Å². The molecule has 0 atom stereocenters. The lowest BCUT2D eigenvalue weighted by molar-refractivity contribution is -0.147. The Kier molecular flexibility index (Phi) is 5.23. The molecule has 3 rings (SSSR count). The zero-order valence-electron chi connectivity index (χ0n) is 13.3. The first-order valence-electron chi connectivity index (χ1n) is 7.55. The van der Waals surface area contributed by atoms with Crippen molar-refractivity contribution in [3.63, 3.8) is 0 Å². The van der Waals surface area contributed by atoms with Crippen LogP contribution in [0.4, 0.5) is 0 Å². The van der Waals surface area contributed by atoms with Gasteiger partial charge in [-0.1, -0.05) is 42.5 Å². The molecule has 0 aliphatic heterocycles. The second-order valence-electron chi connectivity index (χ2n) is 5.28. The van der Waals surface area contributed by atoms with Gasteiger partial charge in [-0.2, -0.15) is 0 Å². The van der Waals surface area contributed by atoms with Crippen molar-refractivity contribution < 1.29 is 14.3 Å². The molecule has 5 heteroatoms. The third kappa shape index (κ3) is 4.43. The maximum atomic E-state index is 11.8. The SMILES string of the molecule is Cc1cccc(OCC(=O)OCc2csc(-c3ccccc3)n2)c1. The molecule has 0 saturated carbocycles. The van der Waals surface area contributed by atoms with Crippen LogP contribution in [0.3, 0.4) is 0 Å². The van der Waals surface area contributed by atoms with Crippen LogP contribution in [-0.2, 0) is 16.1 Å². The van der Waals surface area contributed by atoms with E-state index in [0.717, 1.165) is 21.8 Å². The summed E-state index contributed by atoms with van der Waals surface area (Å²) < 4.78 is 10.6. The van der Waals surface area contributed by atoms with E-state index < -0.39 is 5.97 Å². The first kappa shape index (κ1) is 16.2. The first-order chi connectivity index (χ1) is 11.7. The van der Waals surface area contributed by atoms with E-state index >= 15 is 0 Å². The predicted molar refractivity (Wildman–Crippen MR) is 94.0 cm³/mol. The maximum Gasteiger partial charge on any atom is 0.344 e. The highest BCUT2D eigenvalue weighted by Crippen LogP contribution is 2.23. The van der Waals surface area contributed by atoms with Crippen LogP contribution in [0.25, 0.3) is 10.6 Å². The molecule has 0 radical (unpaired) electrons. The number of hydrogen-bond acceptors (Lipinski definition) is 5. The third-order valence-corrected chi connectivity index (χ3v) is 4.24. The van der Waals surface area contributed by atoms with Gasteiger partial charge in [0, 0.05) is 10.9 Å². The van der Waals surface area contributed by atoms with E-state index in [0.29, 0.717) is 5.75 Å². The lowest BCUT2D eigenvalue weighted by Gasteiger charge is -2.06.